The molecule has 1 atom stereocenters. The molecule has 0 unspecified atom stereocenters. The Bertz CT molecular complexity index is 218. The average molecular weight is 154 g/mol. The summed E-state index contributed by atoms with van der Waals surface area (Å²) in [6, 6.07) is 0. The number of rotatable bonds is 3. The van der Waals surface area contributed by atoms with Crippen molar-refractivity contribution in [2.24, 2.45) is 0 Å². The van der Waals surface area contributed by atoms with E-state index in [-0.39, 0.29) is 6.10 Å². The number of aliphatic hydroxyl groups is 1. The van der Waals surface area contributed by atoms with Crippen molar-refractivity contribution in [3.8, 4) is 0 Å². The summed E-state index contributed by atoms with van der Waals surface area (Å²) >= 11 is 0. The van der Waals surface area contributed by atoms with Crippen LogP contribution in [0.2, 0.25) is 0 Å². The molecule has 0 aliphatic rings. The van der Waals surface area contributed by atoms with Gasteiger partial charge in [0, 0.05) is 24.9 Å². The third-order valence-electron chi connectivity index (χ3n) is 1.64. The van der Waals surface area contributed by atoms with Crippen LogP contribution in [0.15, 0.2) is 12.5 Å². The summed E-state index contributed by atoms with van der Waals surface area (Å²) in [5, 5.41) is 9.10. The van der Waals surface area contributed by atoms with Gasteiger partial charge in [-0.2, -0.15) is 0 Å². The zero-order valence-electron chi connectivity index (χ0n) is 6.99. The number of aryl methyl sites for hydroxylation is 1. The quantitative estimate of drug-likeness (QED) is 0.700. The molecule has 0 saturated carbocycles. The molecule has 1 heterocycles. The molecule has 0 bridgehead atoms. The van der Waals surface area contributed by atoms with Crippen molar-refractivity contribution in [1.29, 1.82) is 0 Å². The number of nitrogens with zero attached hydrogens (tertiary/aromatic N) is 2. The minimum Gasteiger partial charge on any atom is -0.393 e. The lowest BCUT2D eigenvalue weighted by Crippen LogP contribution is -2.08. The zero-order valence-corrected chi connectivity index (χ0v) is 6.99. The third-order valence-corrected chi connectivity index (χ3v) is 1.64. The lowest BCUT2D eigenvalue weighted by atomic mass is 10.2. The minimum absolute atomic E-state index is 0.281. The van der Waals surface area contributed by atoms with E-state index in [0.717, 1.165) is 12.2 Å². The zero-order chi connectivity index (χ0) is 8.27. The summed E-state index contributed by atoms with van der Waals surface area (Å²) in [6.45, 7) is 4.77. The molecule has 0 spiro atoms. The Hall–Kier alpha value is -0.830. The first-order valence-corrected chi connectivity index (χ1v) is 3.91. The summed E-state index contributed by atoms with van der Waals surface area (Å²) in [7, 11) is 0. The first-order chi connectivity index (χ1) is 5.24. The molecule has 0 fully saturated rings. The first kappa shape index (κ1) is 8.27. The molecule has 0 aliphatic carbocycles. The van der Waals surface area contributed by atoms with E-state index in [9.17, 15) is 0 Å². The van der Waals surface area contributed by atoms with Gasteiger partial charge in [0.25, 0.3) is 0 Å². The second kappa shape index (κ2) is 3.53. The van der Waals surface area contributed by atoms with Crippen LogP contribution >= 0.6 is 0 Å². The number of aromatic nitrogens is 2. The maximum Gasteiger partial charge on any atom is 0.0948 e. The van der Waals surface area contributed by atoms with Gasteiger partial charge in [0.2, 0.25) is 0 Å². The Balaban J connectivity index is 2.68. The van der Waals surface area contributed by atoms with Gasteiger partial charge in [-0.15, -0.1) is 0 Å². The van der Waals surface area contributed by atoms with Crippen LogP contribution in [0.4, 0.5) is 0 Å². The fourth-order valence-corrected chi connectivity index (χ4v) is 1.11. The van der Waals surface area contributed by atoms with Gasteiger partial charge < -0.3 is 9.67 Å². The van der Waals surface area contributed by atoms with Crippen LogP contribution in [-0.4, -0.2) is 20.8 Å². The molecule has 62 valence electrons. The fourth-order valence-electron chi connectivity index (χ4n) is 1.11. The van der Waals surface area contributed by atoms with E-state index < -0.39 is 0 Å². The second-order valence-electron chi connectivity index (χ2n) is 2.72. The Kier molecular flexibility index (Phi) is 2.65. The Morgan fingerprint density at radius 2 is 2.45 bits per heavy atom. The van der Waals surface area contributed by atoms with Crippen LogP contribution in [0, 0.1) is 0 Å². The van der Waals surface area contributed by atoms with Crippen LogP contribution in [0.1, 0.15) is 19.5 Å². The van der Waals surface area contributed by atoms with Gasteiger partial charge in [0.1, 0.15) is 0 Å². The second-order valence-corrected chi connectivity index (χ2v) is 2.72. The van der Waals surface area contributed by atoms with Gasteiger partial charge in [0.15, 0.2) is 0 Å². The highest BCUT2D eigenvalue weighted by Crippen LogP contribution is 2.02. The lowest BCUT2D eigenvalue weighted by Gasteiger charge is -2.05. The SMILES string of the molecule is CCn1cncc1C[C@H](C)O. The van der Waals surface area contributed by atoms with Crippen molar-refractivity contribution in [1.82, 2.24) is 9.55 Å². The van der Waals surface area contributed by atoms with E-state index in [0.29, 0.717) is 6.42 Å². The van der Waals surface area contributed by atoms with E-state index in [2.05, 4.69) is 11.9 Å². The number of hydrogen-bond donors (Lipinski definition) is 1. The van der Waals surface area contributed by atoms with E-state index in [1.54, 1.807) is 19.4 Å². The average Bonchev–Trinajstić information content (AvgIpc) is 2.34. The summed E-state index contributed by atoms with van der Waals surface area (Å²) in [6.07, 6.45) is 4.00. The van der Waals surface area contributed by atoms with Crippen LogP contribution in [0.3, 0.4) is 0 Å². The predicted octanol–water partition coefficient (Wildman–Crippen LogP) is 0.826. The van der Waals surface area contributed by atoms with Gasteiger partial charge in [-0.3, -0.25) is 0 Å². The lowest BCUT2D eigenvalue weighted by molar-refractivity contribution is 0.193. The Morgan fingerprint density at radius 3 is 3.00 bits per heavy atom. The van der Waals surface area contributed by atoms with E-state index in [1.165, 1.54) is 0 Å². The molecule has 0 aliphatic heterocycles. The number of imidazole rings is 1. The van der Waals surface area contributed by atoms with Gasteiger partial charge in [-0.05, 0) is 13.8 Å². The summed E-state index contributed by atoms with van der Waals surface area (Å²) < 4.78 is 2.03. The van der Waals surface area contributed by atoms with Crippen LogP contribution in [-0.2, 0) is 13.0 Å². The molecule has 1 rings (SSSR count). The highest BCUT2D eigenvalue weighted by atomic mass is 16.3. The molecular formula is C8H14N2O. The predicted molar refractivity (Wildman–Crippen MR) is 43.3 cm³/mol. The van der Waals surface area contributed by atoms with Crippen molar-refractivity contribution in [3.05, 3.63) is 18.2 Å². The molecular weight excluding hydrogens is 140 g/mol. The third kappa shape index (κ3) is 2.05. The maximum atomic E-state index is 9.10. The highest BCUT2D eigenvalue weighted by molar-refractivity contribution is 4.99. The van der Waals surface area contributed by atoms with Crippen LogP contribution in [0.5, 0.6) is 0 Å². The molecule has 1 aromatic heterocycles. The molecule has 3 nitrogen and oxygen atoms in total. The molecule has 0 amide bonds. The standard InChI is InChI=1S/C8H14N2O/c1-3-10-6-9-5-8(10)4-7(2)11/h5-7,11H,3-4H2,1-2H3/t7-/m0/s1. The van der Waals surface area contributed by atoms with Gasteiger partial charge >= 0.3 is 0 Å². The summed E-state index contributed by atoms with van der Waals surface area (Å²) in [5.41, 5.74) is 1.10. The largest absolute Gasteiger partial charge is 0.393 e. The van der Waals surface area contributed by atoms with Gasteiger partial charge in [-0.25, -0.2) is 4.98 Å². The van der Waals surface area contributed by atoms with Crippen molar-refractivity contribution in [3.63, 3.8) is 0 Å². The molecule has 0 saturated heterocycles. The molecule has 1 N–H and O–H groups in total. The van der Waals surface area contributed by atoms with E-state index >= 15 is 0 Å². The molecule has 1 aromatic rings. The smallest absolute Gasteiger partial charge is 0.0948 e. The topological polar surface area (TPSA) is 38.0 Å². The highest BCUT2D eigenvalue weighted by Gasteiger charge is 2.02. The number of hydrogen-bond acceptors (Lipinski definition) is 2. The first-order valence-electron chi connectivity index (χ1n) is 3.91. The van der Waals surface area contributed by atoms with Crippen LogP contribution in [0.25, 0.3) is 0 Å². The van der Waals surface area contributed by atoms with Crippen molar-refractivity contribution in [2.45, 2.75) is 32.9 Å². The summed E-state index contributed by atoms with van der Waals surface area (Å²) in [4.78, 5) is 4.00. The Labute approximate surface area is 66.7 Å². The van der Waals surface area contributed by atoms with Crippen molar-refractivity contribution >= 4 is 0 Å². The maximum absolute atomic E-state index is 9.10. The van der Waals surface area contributed by atoms with Crippen molar-refractivity contribution < 1.29 is 5.11 Å². The van der Waals surface area contributed by atoms with Crippen LogP contribution < -0.4 is 0 Å². The molecule has 11 heavy (non-hydrogen) atoms. The summed E-state index contributed by atoms with van der Waals surface area (Å²) in [5.74, 6) is 0. The number of aliphatic hydroxyl groups excluding tert-OH is 1. The molecule has 3 heteroatoms. The minimum atomic E-state index is -0.281. The fraction of sp³-hybridized carbons (Fsp3) is 0.625. The Morgan fingerprint density at radius 1 is 1.73 bits per heavy atom. The van der Waals surface area contributed by atoms with Gasteiger partial charge in [0.05, 0.1) is 12.4 Å². The van der Waals surface area contributed by atoms with Gasteiger partial charge in [-0.1, -0.05) is 0 Å². The molecule has 0 aromatic carbocycles. The molecule has 0 radical (unpaired) electrons. The van der Waals surface area contributed by atoms with Crippen molar-refractivity contribution in [2.75, 3.05) is 0 Å². The van der Waals surface area contributed by atoms with E-state index in [4.69, 9.17) is 5.11 Å². The monoisotopic (exact) mass is 154 g/mol. The van der Waals surface area contributed by atoms with E-state index in [1.807, 2.05) is 4.57 Å². The normalized spacial score (nSPS) is 13.4.